The molecule has 0 aliphatic rings. The van der Waals surface area contributed by atoms with Crippen LogP contribution in [0.2, 0.25) is 0 Å². The molecule has 0 bridgehead atoms. The third-order valence-corrected chi connectivity index (χ3v) is 2.66. The fraction of sp³-hybridized carbons (Fsp3) is 0.154. The zero-order valence-electron chi connectivity index (χ0n) is 10.8. The summed E-state index contributed by atoms with van der Waals surface area (Å²) in [4.78, 5) is 3.21. The Labute approximate surface area is 117 Å². The first-order valence-corrected chi connectivity index (χ1v) is 5.74. The van der Waals surface area contributed by atoms with Gasteiger partial charge in [0.1, 0.15) is 5.69 Å². The van der Waals surface area contributed by atoms with E-state index in [1.54, 1.807) is 0 Å². The molecule has 0 aliphatic heterocycles. The maximum atomic E-state index is 13.5. The molecule has 0 saturated heterocycles. The van der Waals surface area contributed by atoms with Gasteiger partial charge in [0.05, 0.1) is 24.7 Å². The summed E-state index contributed by atoms with van der Waals surface area (Å²) in [6.45, 7) is 0. The minimum Gasteiger partial charge on any atom is -0.494 e. The smallest absolute Gasteiger partial charge is 0.433 e. The van der Waals surface area contributed by atoms with Crippen molar-refractivity contribution in [2.24, 2.45) is 0 Å². The molecule has 112 valence electrons. The zero-order chi connectivity index (χ0) is 15.6. The second kappa shape index (κ2) is 5.47. The number of rotatable bonds is 3. The summed E-state index contributed by atoms with van der Waals surface area (Å²) in [6, 6.07) is 4.65. The van der Waals surface area contributed by atoms with Crippen molar-refractivity contribution in [3.63, 3.8) is 0 Å². The third kappa shape index (κ3) is 3.33. The molecule has 8 heteroatoms. The molecule has 4 nitrogen and oxygen atoms in total. The first kappa shape index (κ1) is 14.9. The summed E-state index contributed by atoms with van der Waals surface area (Å²) in [7, 11) is 1.31. The van der Waals surface area contributed by atoms with Crippen LogP contribution in [0.5, 0.6) is 5.75 Å². The highest BCUT2D eigenvalue weighted by Crippen LogP contribution is 2.32. The highest BCUT2D eigenvalue weighted by molar-refractivity contribution is 5.72. The molecule has 0 spiro atoms. The molecule has 0 radical (unpaired) electrons. The molecule has 0 atom stereocenters. The lowest BCUT2D eigenvalue weighted by molar-refractivity contribution is -0.141. The van der Waals surface area contributed by atoms with E-state index < -0.39 is 17.7 Å². The Hall–Kier alpha value is -2.51. The highest BCUT2D eigenvalue weighted by Gasteiger charge is 2.33. The fourth-order valence-corrected chi connectivity index (χ4v) is 1.63. The second-order valence-corrected chi connectivity index (χ2v) is 4.13. The topological polar surface area (TPSA) is 60.2 Å². The molecule has 2 aromatic rings. The number of alkyl halides is 3. The molecule has 2 rings (SSSR count). The molecular formula is C13H11F4N3O. The lowest BCUT2D eigenvalue weighted by Crippen LogP contribution is -2.09. The van der Waals surface area contributed by atoms with Crippen molar-refractivity contribution in [1.82, 2.24) is 4.98 Å². The third-order valence-electron chi connectivity index (χ3n) is 2.66. The summed E-state index contributed by atoms with van der Waals surface area (Å²) in [5.41, 5.74) is 4.71. The minimum absolute atomic E-state index is 0.0121. The quantitative estimate of drug-likeness (QED) is 0.851. The van der Waals surface area contributed by atoms with Crippen molar-refractivity contribution in [3.05, 3.63) is 42.0 Å². The van der Waals surface area contributed by atoms with Crippen LogP contribution in [-0.4, -0.2) is 12.1 Å². The lowest BCUT2D eigenvalue weighted by atomic mass is 10.2. The number of pyridine rings is 1. The van der Waals surface area contributed by atoms with Gasteiger partial charge in [0.15, 0.2) is 11.6 Å². The van der Waals surface area contributed by atoms with Gasteiger partial charge in [-0.05, 0) is 18.2 Å². The Morgan fingerprint density at radius 1 is 1.24 bits per heavy atom. The molecule has 0 fully saturated rings. The average molecular weight is 301 g/mol. The van der Waals surface area contributed by atoms with Gasteiger partial charge in [-0.15, -0.1) is 0 Å². The normalized spacial score (nSPS) is 11.3. The number of aromatic nitrogens is 1. The van der Waals surface area contributed by atoms with Crippen LogP contribution in [0.4, 0.5) is 34.6 Å². The molecule has 0 saturated carbocycles. The molecule has 0 amide bonds. The molecule has 1 aromatic carbocycles. The molecule has 1 aromatic heterocycles. The summed E-state index contributed by atoms with van der Waals surface area (Å²) in [5, 5.41) is 2.62. The Bertz CT molecular complexity index is 658. The van der Waals surface area contributed by atoms with Crippen molar-refractivity contribution in [3.8, 4) is 5.75 Å². The molecule has 0 aliphatic carbocycles. The number of hydrogen-bond donors (Lipinski definition) is 2. The van der Waals surface area contributed by atoms with Crippen LogP contribution in [0.1, 0.15) is 5.69 Å². The van der Waals surface area contributed by atoms with Crippen LogP contribution in [0.25, 0.3) is 0 Å². The van der Waals surface area contributed by atoms with Crippen molar-refractivity contribution >= 4 is 17.1 Å². The van der Waals surface area contributed by atoms with Gasteiger partial charge in [-0.1, -0.05) is 0 Å². The van der Waals surface area contributed by atoms with E-state index in [1.807, 2.05) is 0 Å². The molecule has 1 heterocycles. The van der Waals surface area contributed by atoms with Crippen LogP contribution in [0.15, 0.2) is 30.5 Å². The number of nitrogens with zero attached hydrogens (tertiary/aromatic N) is 1. The van der Waals surface area contributed by atoms with Gasteiger partial charge in [-0.2, -0.15) is 13.2 Å². The standard InChI is InChI=1S/C13H11F4N3O/c1-21-11-3-2-7(4-8(11)14)20-10-5-12(13(15,16)17)19-6-9(10)18/h2-6H,18H2,1H3,(H,19,20). The number of halogens is 4. The van der Waals surface area contributed by atoms with Crippen molar-refractivity contribution < 1.29 is 22.3 Å². The number of benzene rings is 1. The SMILES string of the molecule is COc1ccc(Nc2cc(C(F)(F)F)ncc2N)cc1F. The van der Waals surface area contributed by atoms with E-state index in [4.69, 9.17) is 10.5 Å². The predicted octanol–water partition coefficient (Wildman–Crippen LogP) is 3.57. The van der Waals surface area contributed by atoms with Gasteiger partial charge >= 0.3 is 6.18 Å². The Morgan fingerprint density at radius 3 is 2.52 bits per heavy atom. The van der Waals surface area contributed by atoms with Crippen molar-refractivity contribution in [1.29, 1.82) is 0 Å². The number of nitrogen functional groups attached to an aromatic ring is 1. The number of nitrogens with one attached hydrogen (secondary N) is 1. The Morgan fingerprint density at radius 2 is 1.95 bits per heavy atom. The van der Waals surface area contributed by atoms with Gasteiger partial charge in [0, 0.05) is 11.8 Å². The van der Waals surface area contributed by atoms with Gasteiger partial charge in [0.25, 0.3) is 0 Å². The Kier molecular flexibility index (Phi) is 3.88. The summed E-state index contributed by atoms with van der Waals surface area (Å²) in [6.07, 6.45) is -3.69. The van der Waals surface area contributed by atoms with Crippen LogP contribution >= 0.6 is 0 Å². The van der Waals surface area contributed by atoms with E-state index in [2.05, 4.69) is 10.3 Å². The van der Waals surface area contributed by atoms with Gasteiger partial charge in [0.2, 0.25) is 0 Å². The minimum atomic E-state index is -4.59. The van der Waals surface area contributed by atoms with Crippen LogP contribution < -0.4 is 15.8 Å². The largest absolute Gasteiger partial charge is 0.494 e. The maximum absolute atomic E-state index is 13.5. The number of methoxy groups -OCH3 is 1. The molecule has 3 N–H and O–H groups in total. The van der Waals surface area contributed by atoms with Gasteiger partial charge in [-0.25, -0.2) is 9.37 Å². The van der Waals surface area contributed by atoms with E-state index in [9.17, 15) is 17.6 Å². The van der Waals surface area contributed by atoms with Gasteiger partial charge in [-0.3, -0.25) is 0 Å². The van der Waals surface area contributed by atoms with E-state index >= 15 is 0 Å². The average Bonchev–Trinajstić information content (AvgIpc) is 2.40. The van der Waals surface area contributed by atoms with Crippen LogP contribution in [0.3, 0.4) is 0 Å². The molecular weight excluding hydrogens is 290 g/mol. The van der Waals surface area contributed by atoms with Crippen molar-refractivity contribution in [2.75, 3.05) is 18.2 Å². The van der Waals surface area contributed by atoms with E-state index in [-0.39, 0.29) is 22.8 Å². The fourth-order valence-electron chi connectivity index (χ4n) is 1.63. The first-order chi connectivity index (χ1) is 9.81. The van der Waals surface area contributed by atoms with E-state index in [0.717, 1.165) is 18.3 Å². The van der Waals surface area contributed by atoms with E-state index in [1.165, 1.54) is 19.2 Å². The monoisotopic (exact) mass is 301 g/mol. The Balaban J connectivity index is 2.33. The molecule has 0 unspecified atom stereocenters. The molecule has 21 heavy (non-hydrogen) atoms. The summed E-state index contributed by atoms with van der Waals surface area (Å²) >= 11 is 0. The number of nitrogens with two attached hydrogens (primary N) is 1. The van der Waals surface area contributed by atoms with Crippen LogP contribution in [0, 0.1) is 5.82 Å². The number of hydrogen-bond acceptors (Lipinski definition) is 4. The van der Waals surface area contributed by atoms with Gasteiger partial charge < -0.3 is 15.8 Å². The van der Waals surface area contributed by atoms with Crippen molar-refractivity contribution in [2.45, 2.75) is 6.18 Å². The zero-order valence-corrected chi connectivity index (χ0v) is 10.8. The lowest BCUT2D eigenvalue weighted by Gasteiger charge is -2.13. The first-order valence-electron chi connectivity index (χ1n) is 5.74. The predicted molar refractivity (Wildman–Crippen MR) is 69.9 cm³/mol. The highest BCUT2D eigenvalue weighted by atomic mass is 19.4. The number of anilines is 3. The van der Waals surface area contributed by atoms with Crippen LogP contribution in [-0.2, 0) is 6.18 Å². The maximum Gasteiger partial charge on any atom is 0.433 e. The van der Waals surface area contributed by atoms with E-state index in [0.29, 0.717) is 0 Å². The number of ether oxygens (including phenoxy) is 1. The summed E-state index contributed by atoms with van der Waals surface area (Å²) < 4.78 is 56.1. The summed E-state index contributed by atoms with van der Waals surface area (Å²) in [5.74, 6) is -0.620. The second-order valence-electron chi connectivity index (χ2n) is 4.13.